The molecule has 80 valence electrons. The van der Waals surface area contributed by atoms with Crippen molar-refractivity contribution < 1.29 is 5.11 Å². The Kier molecular flexibility index (Phi) is 2.24. The molecule has 2 heteroatoms. The molecule has 0 aromatic rings. The normalized spacial score (nSPS) is 47.9. The van der Waals surface area contributed by atoms with E-state index in [1.54, 1.807) is 0 Å². The minimum Gasteiger partial charge on any atom is -0.385 e. The molecule has 0 aromatic heterocycles. The molecule has 0 amide bonds. The predicted octanol–water partition coefficient (Wildman–Crippen LogP) is 1.85. The molecule has 3 saturated carbocycles. The first-order valence-corrected chi connectivity index (χ1v) is 5.64. The molecule has 0 spiro atoms. The van der Waals surface area contributed by atoms with E-state index in [2.05, 4.69) is 18.8 Å². The number of hydrogen-bond donors (Lipinski definition) is 2. The van der Waals surface area contributed by atoms with Gasteiger partial charge in [-0.25, -0.2) is 0 Å². The summed E-state index contributed by atoms with van der Waals surface area (Å²) in [6.07, 6.45) is 5.38. The third-order valence-corrected chi connectivity index (χ3v) is 4.20. The van der Waals surface area contributed by atoms with E-state index in [-0.39, 0.29) is 5.54 Å². The lowest BCUT2D eigenvalue weighted by atomic mass is 9.55. The molecule has 0 heterocycles. The number of nitrogens with one attached hydrogen (secondary N) is 1. The van der Waals surface area contributed by atoms with Crippen molar-refractivity contribution in [1.82, 2.24) is 5.32 Å². The molecule has 2 nitrogen and oxygen atoms in total. The van der Waals surface area contributed by atoms with Gasteiger partial charge in [-0.05, 0) is 31.4 Å². The topological polar surface area (TPSA) is 32.3 Å². The first-order chi connectivity index (χ1) is 6.52. The summed E-state index contributed by atoms with van der Waals surface area (Å²) in [5.74, 6) is 0.631. The van der Waals surface area contributed by atoms with Gasteiger partial charge in [-0.3, -0.25) is 0 Å². The van der Waals surface area contributed by atoms with Gasteiger partial charge in [0.05, 0.1) is 5.60 Å². The SMILES string of the molecule is C=C1C2(NC)CCC[C@@H](C)C[C@@]1(O)C2. The monoisotopic (exact) mass is 195 g/mol. The molecule has 0 aliphatic heterocycles. The summed E-state index contributed by atoms with van der Waals surface area (Å²) in [7, 11) is 1.98. The van der Waals surface area contributed by atoms with E-state index in [4.69, 9.17) is 0 Å². The van der Waals surface area contributed by atoms with Gasteiger partial charge in [0.1, 0.15) is 0 Å². The Morgan fingerprint density at radius 2 is 2.29 bits per heavy atom. The van der Waals surface area contributed by atoms with Crippen LogP contribution in [0.4, 0.5) is 0 Å². The fourth-order valence-corrected chi connectivity index (χ4v) is 3.28. The van der Waals surface area contributed by atoms with Gasteiger partial charge in [0.15, 0.2) is 0 Å². The first kappa shape index (κ1) is 10.2. The summed E-state index contributed by atoms with van der Waals surface area (Å²) in [5.41, 5.74) is 0.511. The van der Waals surface area contributed by atoms with Crippen LogP contribution in [-0.2, 0) is 0 Å². The Morgan fingerprint density at radius 3 is 2.86 bits per heavy atom. The highest BCUT2D eigenvalue weighted by Gasteiger charge is 2.57. The van der Waals surface area contributed by atoms with E-state index in [0.717, 1.165) is 24.8 Å². The molecular formula is C12H21NO. The van der Waals surface area contributed by atoms with Gasteiger partial charge in [-0.1, -0.05) is 26.3 Å². The Morgan fingerprint density at radius 1 is 1.57 bits per heavy atom. The van der Waals surface area contributed by atoms with Gasteiger partial charge >= 0.3 is 0 Å². The van der Waals surface area contributed by atoms with Crippen LogP contribution in [0.2, 0.25) is 0 Å². The van der Waals surface area contributed by atoms with Crippen LogP contribution in [0.1, 0.15) is 39.0 Å². The molecule has 2 N–H and O–H groups in total. The van der Waals surface area contributed by atoms with Gasteiger partial charge in [0, 0.05) is 12.0 Å². The minimum atomic E-state index is -0.567. The van der Waals surface area contributed by atoms with Gasteiger partial charge < -0.3 is 10.4 Å². The van der Waals surface area contributed by atoms with Gasteiger partial charge in [0.2, 0.25) is 0 Å². The first-order valence-electron chi connectivity index (χ1n) is 5.64. The van der Waals surface area contributed by atoms with Crippen molar-refractivity contribution in [3.05, 3.63) is 12.2 Å². The van der Waals surface area contributed by atoms with E-state index in [1.165, 1.54) is 12.8 Å². The second-order valence-electron chi connectivity index (χ2n) is 5.22. The zero-order valence-electron chi connectivity index (χ0n) is 9.27. The summed E-state index contributed by atoms with van der Waals surface area (Å²) in [5, 5.41) is 13.7. The van der Waals surface area contributed by atoms with Crippen LogP contribution in [-0.4, -0.2) is 23.3 Å². The maximum absolute atomic E-state index is 10.3. The molecule has 0 radical (unpaired) electrons. The molecule has 3 fully saturated rings. The van der Waals surface area contributed by atoms with Crippen LogP contribution in [0.25, 0.3) is 0 Å². The lowest BCUT2D eigenvalue weighted by Crippen LogP contribution is -2.66. The van der Waals surface area contributed by atoms with Crippen molar-refractivity contribution in [1.29, 1.82) is 0 Å². The molecule has 2 bridgehead atoms. The molecule has 1 unspecified atom stereocenters. The largest absolute Gasteiger partial charge is 0.385 e. The van der Waals surface area contributed by atoms with Crippen LogP contribution in [0.3, 0.4) is 0 Å². The van der Waals surface area contributed by atoms with Crippen molar-refractivity contribution in [3.63, 3.8) is 0 Å². The maximum Gasteiger partial charge on any atom is 0.0895 e. The lowest BCUT2D eigenvalue weighted by Gasteiger charge is -2.58. The molecule has 14 heavy (non-hydrogen) atoms. The average Bonchev–Trinajstić information content (AvgIpc) is 2.13. The summed E-state index contributed by atoms with van der Waals surface area (Å²) >= 11 is 0. The molecule has 3 aliphatic rings. The summed E-state index contributed by atoms with van der Waals surface area (Å²) in [6.45, 7) is 6.32. The molecule has 3 rings (SSSR count). The van der Waals surface area contributed by atoms with Crippen LogP contribution in [0.15, 0.2) is 12.2 Å². The van der Waals surface area contributed by atoms with Gasteiger partial charge in [-0.15, -0.1) is 0 Å². The van der Waals surface area contributed by atoms with Crippen LogP contribution in [0, 0.1) is 5.92 Å². The number of fused-ring (bicyclic) bond motifs is 4. The van der Waals surface area contributed by atoms with Crippen LogP contribution in [0.5, 0.6) is 0 Å². The van der Waals surface area contributed by atoms with Crippen LogP contribution >= 0.6 is 0 Å². The number of likely N-dealkylation sites (N-methyl/N-ethyl adjacent to an activating group) is 1. The number of aliphatic hydroxyl groups is 1. The van der Waals surface area contributed by atoms with Gasteiger partial charge in [0.25, 0.3) is 0 Å². The summed E-state index contributed by atoms with van der Waals surface area (Å²) in [4.78, 5) is 0. The molecule has 0 saturated heterocycles. The smallest absolute Gasteiger partial charge is 0.0895 e. The van der Waals surface area contributed by atoms with Crippen molar-refractivity contribution in [3.8, 4) is 0 Å². The Hall–Kier alpha value is -0.340. The van der Waals surface area contributed by atoms with E-state index in [9.17, 15) is 5.11 Å². The maximum atomic E-state index is 10.3. The Bertz CT molecular complexity index is 263. The number of rotatable bonds is 1. The Balaban J connectivity index is 2.20. The highest BCUT2D eigenvalue weighted by atomic mass is 16.3. The van der Waals surface area contributed by atoms with E-state index in [0.29, 0.717) is 5.92 Å². The lowest BCUT2D eigenvalue weighted by molar-refractivity contribution is -0.0567. The second-order valence-corrected chi connectivity index (χ2v) is 5.22. The van der Waals surface area contributed by atoms with Crippen molar-refractivity contribution >= 4 is 0 Å². The average molecular weight is 195 g/mol. The highest BCUT2D eigenvalue weighted by molar-refractivity contribution is 5.39. The van der Waals surface area contributed by atoms with E-state index < -0.39 is 5.60 Å². The summed E-state index contributed by atoms with van der Waals surface area (Å²) < 4.78 is 0. The molecule has 0 aromatic carbocycles. The minimum absolute atomic E-state index is 0.0505. The fourth-order valence-electron chi connectivity index (χ4n) is 3.28. The second kappa shape index (κ2) is 3.07. The zero-order valence-corrected chi connectivity index (χ0v) is 9.27. The third kappa shape index (κ3) is 1.24. The van der Waals surface area contributed by atoms with Crippen LogP contribution < -0.4 is 5.32 Å². The summed E-state index contributed by atoms with van der Waals surface area (Å²) in [6, 6.07) is 0. The van der Waals surface area contributed by atoms with Crippen molar-refractivity contribution in [2.75, 3.05) is 7.05 Å². The zero-order chi connectivity index (χ0) is 10.4. The number of hydrogen-bond acceptors (Lipinski definition) is 2. The van der Waals surface area contributed by atoms with Gasteiger partial charge in [-0.2, -0.15) is 0 Å². The quantitative estimate of drug-likeness (QED) is 0.626. The van der Waals surface area contributed by atoms with Crippen molar-refractivity contribution in [2.24, 2.45) is 5.92 Å². The van der Waals surface area contributed by atoms with Crippen molar-refractivity contribution in [2.45, 2.75) is 50.2 Å². The fraction of sp³-hybridized carbons (Fsp3) is 0.833. The predicted molar refractivity (Wildman–Crippen MR) is 58.1 cm³/mol. The molecular weight excluding hydrogens is 174 g/mol. The highest BCUT2D eigenvalue weighted by Crippen LogP contribution is 2.53. The standard InChI is InChI=1S/C12H21NO/c1-9-5-4-6-11(13-3)8-12(14,7-9)10(11)2/h9,13-14H,2,4-8H2,1,3H3/t9-,11?,12-/m1/s1. The molecule has 3 atom stereocenters. The Labute approximate surface area is 86.4 Å². The molecule has 3 aliphatic carbocycles. The third-order valence-electron chi connectivity index (χ3n) is 4.20. The van der Waals surface area contributed by atoms with E-state index in [1.807, 2.05) is 7.05 Å². The van der Waals surface area contributed by atoms with E-state index >= 15 is 0 Å².